The molecule has 1 heterocycles. The highest BCUT2D eigenvalue weighted by molar-refractivity contribution is 7.10. The molecule has 3 N–H and O–H groups in total. The van der Waals surface area contributed by atoms with E-state index in [0.717, 1.165) is 10.4 Å². The van der Waals surface area contributed by atoms with Crippen LogP contribution >= 0.6 is 11.3 Å². The van der Waals surface area contributed by atoms with Crippen molar-refractivity contribution < 1.29 is 9.90 Å². The molecule has 0 spiro atoms. The van der Waals surface area contributed by atoms with Crippen LogP contribution in [-0.4, -0.2) is 17.1 Å². The van der Waals surface area contributed by atoms with Crippen molar-refractivity contribution in [1.29, 1.82) is 0 Å². The summed E-state index contributed by atoms with van der Waals surface area (Å²) >= 11 is 1.56. The van der Waals surface area contributed by atoms with Gasteiger partial charge in [-0.1, -0.05) is 13.8 Å². The second-order valence-corrected chi connectivity index (χ2v) is 4.94. The van der Waals surface area contributed by atoms with Crippen LogP contribution in [0.2, 0.25) is 0 Å². The lowest BCUT2D eigenvalue weighted by atomic mass is 9.83. The van der Waals surface area contributed by atoms with Crippen molar-refractivity contribution in [2.24, 2.45) is 5.73 Å². The van der Waals surface area contributed by atoms with Crippen LogP contribution in [0, 0.1) is 6.92 Å². The van der Waals surface area contributed by atoms with E-state index in [9.17, 15) is 4.79 Å². The van der Waals surface area contributed by atoms with Crippen LogP contribution in [-0.2, 0) is 10.2 Å². The van der Waals surface area contributed by atoms with Crippen LogP contribution in [0.5, 0.6) is 0 Å². The molecule has 0 saturated heterocycles. The number of aryl methyl sites for hydroxylation is 1. The molecule has 1 aromatic rings. The molecule has 1 rings (SSSR count). The number of nitrogens with two attached hydrogens (primary N) is 1. The number of carboxylic acids is 1. The van der Waals surface area contributed by atoms with Gasteiger partial charge >= 0.3 is 5.97 Å². The lowest BCUT2D eigenvalue weighted by molar-refractivity contribution is -0.140. The first-order valence-corrected chi connectivity index (χ1v) is 5.27. The number of carboxylic acid groups (broad SMARTS) is 1. The Morgan fingerprint density at radius 2 is 2.21 bits per heavy atom. The van der Waals surface area contributed by atoms with Crippen molar-refractivity contribution >= 4 is 17.3 Å². The number of rotatable bonds is 3. The molecule has 0 aliphatic rings. The molecule has 0 amide bonds. The summed E-state index contributed by atoms with van der Waals surface area (Å²) in [5.41, 5.74) is 6.28. The van der Waals surface area contributed by atoms with Crippen molar-refractivity contribution in [2.45, 2.75) is 32.2 Å². The largest absolute Gasteiger partial charge is 0.480 e. The van der Waals surface area contributed by atoms with E-state index in [4.69, 9.17) is 10.8 Å². The van der Waals surface area contributed by atoms with Crippen LogP contribution < -0.4 is 5.73 Å². The highest BCUT2D eigenvalue weighted by atomic mass is 32.1. The number of aliphatic carboxylic acids is 1. The Hall–Kier alpha value is -0.870. The lowest BCUT2D eigenvalue weighted by Crippen LogP contribution is -2.46. The molecule has 0 bridgehead atoms. The minimum absolute atomic E-state index is 0.509. The highest BCUT2D eigenvalue weighted by Crippen LogP contribution is 2.31. The van der Waals surface area contributed by atoms with Gasteiger partial charge in [-0.3, -0.25) is 4.79 Å². The van der Waals surface area contributed by atoms with Gasteiger partial charge in [0.25, 0.3) is 0 Å². The van der Waals surface area contributed by atoms with Gasteiger partial charge in [-0.05, 0) is 23.9 Å². The molecule has 0 aliphatic heterocycles. The molecule has 3 nitrogen and oxygen atoms in total. The molecule has 0 aromatic carbocycles. The van der Waals surface area contributed by atoms with Gasteiger partial charge in [0.2, 0.25) is 0 Å². The Kier molecular flexibility index (Phi) is 2.97. The molecule has 0 radical (unpaired) electrons. The summed E-state index contributed by atoms with van der Waals surface area (Å²) in [7, 11) is 0. The number of hydrogen-bond donors (Lipinski definition) is 2. The fraction of sp³-hybridized carbons (Fsp3) is 0.500. The molecular formula is C10H15NO2S. The summed E-state index contributed by atoms with van der Waals surface area (Å²) in [6.07, 6.45) is 0. The summed E-state index contributed by atoms with van der Waals surface area (Å²) in [5, 5.41) is 10.9. The smallest absolute Gasteiger partial charge is 0.321 e. The zero-order chi connectivity index (χ0) is 10.9. The third kappa shape index (κ3) is 1.96. The van der Waals surface area contributed by atoms with Gasteiger partial charge in [0.1, 0.15) is 6.04 Å². The van der Waals surface area contributed by atoms with Gasteiger partial charge in [-0.25, -0.2) is 0 Å². The monoisotopic (exact) mass is 213 g/mol. The molecule has 0 fully saturated rings. The standard InChI is InChI=1S/C10H15NO2S/c1-6-4-7(14-5-6)10(2,3)8(11)9(12)13/h4-5,8H,11H2,1-3H3,(H,12,13). The third-order valence-electron chi connectivity index (χ3n) is 2.41. The van der Waals surface area contributed by atoms with Gasteiger partial charge in [-0.15, -0.1) is 11.3 Å². The summed E-state index contributed by atoms with van der Waals surface area (Å²) in [4.78, 5) is 11.8. The van der Waals surface area contributed by atoms with Crippen molar-refractivity contribution in [3.05, 3.63) is 21.9 Å². The Balaban J connectivity index is 3.01. The maximum atomic E-state index is 10.8. The van der Waals surface area contributed by atoms with Gasteiger partial charge in [0.05, 0.1) is 0 Å². The molecule has 0 aliphatic carbocycles. The van der Waals surface area contributed by atoms with Crippen LogP contribution in [0.4, 0.5) is 0 Å². The van der Waals surface area contributed by atoms with Crippen molar-refractivity contribution in [1.82, 2.24) is 0 Å². The van der Waals surface area contributed by atoms with E-state index < -0.39 is 17.4 Å². The van der Waals surface area contributed by atoms with Crippen LogP contribution in [0.25, 0.3) is 0 Å². The third-order valence-corrected chi connectivity index (χ3v) is 3.80. The van der Waals surface area contributed by atoms with E-state index >= 15 is 0 Å². The van der Waals surface area contributed by atoms with E-state index in [1.165, 1.54) is 0 Å². The Morgan fingerprint density at radius 1 is 1.64 bits per heavy atom. The van der Waals surface area contributed by atoms with E-state index in [0.29, 0.717) is 0 Å². The van der Waals surface area contributed by atoms with Crippen molar-refractivity contribution in [3.63, 3.8) is 0 Å². The summed E-state index contributed by atoms with van der Waals surface area (Å²) < 4.78 is 0. The van der Waals surface area contributed by atoms with Gasteiger partial charge < -0.3 is 10.8 Å². The molecule has 1 aromatic heterocycles. The van der Waals surface area contributed by atoms with E-state index in [1.807, 2.05) is 32.2 Å². The zero-order valence-corrected chi connectivity index (χ0v) is 9.39. The normalized spacial score (nSPS) is 14.0. The summed E-state index contributed by atoms with van der Waals surface area (Å²) in [6, 6.07) is 1.13. The molecule has 1 atom stereocenters. The Morgan fingerprint density at radius 3 is 2.57 bits per heavy atom. The zero-order valence-electron chi connectivity index (χ0n) is 8.57. The number of carbonyl (C=O) groups is 1. The summed E-state index contributed by atoms with van der Waals surface area (Å²) in [6.45, 7) is 5.70. The van der Waals surface area contributed by atoms with Gasteiger partial charge in [0, 0.05) is 10.3 Å². The van der Waals surface area contributed by atoms with Gasteiger partial charge in [0.15, 0.2) is 0 Å². The predicted molar refractivity (Wildman–Crippen MR) is 57.7 cm³/mol. The maximum Gasteiger partial charge on any atom is 0.321 e. The second kappa shape index (κ2) is 3.71. The first-order chi connectivity index (χ1) is 6.35. The topological polar surface area (TPSA) is 63.3 Å². The number of thiophene rings is 1. The maximum absolute atomic E-state index is 10.8. The van der Waals surface area contributed by atoms with Gasteiger partial charge in [-0.2, -0.15) is 0 Å². The van der Waals surface area contributed by atoms with Crippen molar-refractivity contribution in [3.8, 4) is 0 Å². The average molecular weight is 213 g/mol. The lowest BCUT2D eigenvalue weighted by Gasteiger charge is -2.27. The first kappa shape index (κ1) is 11.2. The molecule has 4 heteroatoms. The molecule has 1 unspecified atom stereocenters. The molecule has 78 valence electrons. The van der Waals surface area contributed by atoms with Crippen molar-refractivity contribution in [2.75, 3.05) is 0 Å². The Labute approximate surface area is 87.6 Å². The predicted octanol–water partition coefficient (Wildman–Crippen LogP) is 1.75. The fourth-order valence-electron chi connectivity index (χ4n) is 1.23. The van der Waals surface area contributed by atoms with Crippen LogP contribution in [0.1, 0.15) is 24.3 Å². The van der Waals surface area contributed by atoms with E-state index in [1.54, 1.807) is 11.3 Å². The SMILES string of the molecule is Cc1csc(C(C)(C)C(N)C(=O)O)c1. The molecular weight excluding hydrogens is 198 g/mol. The first-order valence-electron chi connectivity index (χ1n) is 4.39. The minimum atomic E-state index is -0.957. The second-order valence-electron chi connectivity index (χ2n) is 4.03. The van der Waals surface area contributed by atoms with E-state index in [-0.39, 0.29) is 0 Å². The van der Waals surface area contributed by atoms with E-state index in [2.05, 4.69) is 0 Å². The summed E-state index contributed by atoms with van der Waals surface area (Å²) in [5.74, 6) is -0.957. The minimum Gasteiger partial charge on any atom is -0.480 e. The average Bonchev–Trinajstić information content (AvgIpc) is 2.50. The van der Waals surface area contributed by atoms with Crippen LogP contribution in [0.3, 0.4) is 0 Å². The quantitative estimate of drug-likeness (QED) is 0.804. The number of hydrogen-bond acceptors (Lipinski definition) is 3. The fourth-order valence-corrected chi connectivity index (χ4v) is 2.30. The molecule has 0 saturated carbocycles. The molecule has 14 heavy (non-hydrogen) atoms. The highest BCUT2D eigenvalue weighted by Gasteiger charge is 2.34. The van der Waals surface area contributed by atoms with Crippen LogP contribution in [0.15, 0.2) is 11.4 Å². The Bertz CT molecular complexity index is 344.